The molecule has 4 heteroatoms. The number of aromatic nitrogens is 2. The van der Waals surface area contributed by atoms with Crippen LogP contribution in [0.5, 0.6) is 0 Å². The van der Waals surface area contributed by atoms with E-state index < -0.39 is 0 Å². The highest BCUT2D eigenvalue weighted by Gasteiger charge is 2.32. The van der Waals surface area contributed by atoms with E-state index in [0.29, 0.717) is 12.0 Å². The Labute approximate surface area is 129 Å². The van der Waals surface area contributed by atoms with Crippen molar-refractivity contribution in [3.8, 4) is 0 Å². The Bertz CT molecular complexity index is 410. The van der Waals surface area contributed by atoms with E-state index in [1.807, 2.05) is 4.68 Å². The molecule has 0 aliphatic carbocycles. The Morgan fingerprint density at radius 2 is 2.14 bits per heavy atom. The second kappa shape index (κ2) is 7.95. The number of hydrogen-bond acceptors (Lipinski definition) is 3. The summed E-state index contributed by atoms with van der Waals surface area (Å²) in [5, 5.41) is 8.11. The molecule has 1 aromatic rings. The molecular weight excluding hydrogens is 260 g/mol. The maximum Gasteiger partial charge on any atom is 0.0669 e. The van der Waals surface area contributed by atoms with E-state index in [1.54, 1.807) is 0 Å². The van der Waals surface area contributed by atoms with Crippen molar-refractivity contribution in [2.45, 2.75) is 52.0 Å². The normalized spacial score (nSPS) is 24.2. The molecule has 1 aliphatic heterocycles. The van der Waals surface area contributed by atoms with Crippen molar-refractivity contribution in [3.05, 3.63) is 17.5 Å². The molecule has 0 bridgehead atoms. The highest BCUT2D eigenvalue weighted by atomic mass is 15.3. The molecule has 2 atom stereocenters. The van der Waals surface area contributed by atoms with Gasteiger partial charge in [-0.15, -0.1) is 0 Å². The van der Waals surface area contributed by atoms with Crippen molar-refractivity contribution in [1.29, 1.82) is 0 Å². The Kier molecular flexibility index (Phi) is 6.24. The largest absolute Gasteiger partial charge is 0.319 e. The minimum Gasteiger partial charge on any atom is -0.319 e. The van der Waals surface area contributed by atoms with Gasteiger partial charge >= 0.3 is 0 Å². The third-order valence-electron chi connectivity index (χ3n) is 4.68. The second-order valence-electron chi connectivity index (χ2n) is 6.35. The number of rotatable bonds is 6. The predicted octanol–water partition coefficient (Wildman–Crippen LogP) is 2.76. The van der Waals surface area contributed by atoms with Crippen molar-refractivity contribution in [3.63, 3.8) is 0 Å². The van der Waals surface area contributed by atoms with Crippen LogP contribution in [-0.2, 0) is 13.5 Å². The lowest BCUT2D eigenvalue weighted by atomic mass is 9.88. The first-order valence-corrected chi connectivity index (χ1v) is 8.62. The molecule has 1 N–H and O–H groups in total. The van der Waals surface area contributed by atoms with Crippen LogP contribution in [0.25, 0.3) is 0 Å². The Morgan fingerprint density at radius 3 is 2.81 bits per heavy atom. The molecule has 1 aromatic heterocycles. The van der Waals surface area contributed by atoms with Gasteiger partial charge in [-0.3, -0.25) is 9.58 Å². The summed E-state index contributed by atoms with van der Waals surface area (Å²) in [6.45, 7) is 8.04. The van der Waals surface area contributed by atoms with Gasteiger partial charge in [0, 0.05) is 24.8 Å². The van der Waals surface area contributed by atoms with Crippen molar-refractivity contribution >= 4 is 0 Å². The van der Waals surface area contributed by atoms with Gasteiger partial charge in [0.25, 0.3) is 0 Å². The van der Waals surface area contributed by atoms with Crippen molar-refractivity contribution < 1.29 is 0 Å². The van der Waals surface area contributed by atoms with Gasteiger partial charge in [-0.1, -0.05) is 20.3 Å². The number of aryl methyl sites for hydroxylation is 2. The lowest BCUT2D eigenvalue weighted by molar-refractivity contribution is 0.154. The van der Waals surface area contributed by atoms with Crippen LogP contribution in [0.1, 0.15) is 56.8 Å². The summed E-state index contributed by atoms with van der Waals surface area (Å²) in [4.78, 5) is 2.71. The highest BCUT2D eigenvalue weighted by molar-refractivity contribution is 5.23. The lowest BCUT2D eigenvalue weighted by Gasteiger charge is -2.35. The molecule has 1 saturated heterocycles. The van der Waals surface area contributed by atoms with Crippen LogP contribution in [0.3, 0.4) is 0 Å². The monoisotopic (exact) mass is 292 g/mol. The lowest BCUT2D eigenvalue weighted by Crippen LogP contribution is -2.37. The summed E-state index contributed by atoms with van der Waals surface area (Å²) < 4.78 is 2.00. The molecule has 1 aliphatic rings. The van der Waals surface area contributed by atoms with Gasteiger partial charge in [0.05, 0.1) is 5.69 Å². The zero-order valence-electron chi connectivity index (χ0n) is 14.2. The fourth-order valence-corrected chi connectivity index (χ4v) is 3.86. The van der Waals surface area contributed by atoms with Crippen LogP contribution in [-0.4, -0.2) is 41.4 Å². The van der Waals surface area contributed by atoms with E-state index >= 15 is 0 Å². The van der Waals surface area contributed by atoms with Crippen LogP contribution in [0, 0.1) is 5.92 Å². The van der Waals surface area contributed by atoms with E-state index in [-0.39, 0.29) is 0 Å². The molecular formula is C17H32N4. The van der Waals surface area contributed by atoms with Crippen LogP contribution in [0.4, 0.5) is 0 Å². The van der Waals surface area contributed by atoms with E-state index in [2.05, 4.69) is 44.4 Å². The topological polar surface area (TPSA) is 33.1 Å². The molecule has 4 nitrogen and oxygen atoms in total. The molecule has 1 fully saturated rings. The molecule has 0 aromatic carbocycles. The van der Waals surface area contributed by atoms with E-state index in [4.69, 9.17) is 5.10 Å². The maximum absolute atomic E-state index is 4.69. The minimum atomic E-state index is 0.531. The van der Waals surface area contributed by atoms with Gasteiger partial charge in [-0.05, 0) is 58.3 Å². The first-order valence-electron chi connectivity index (χ1n) is 8.62. The molecule has 21 heavy (non-hydrogen) atoms. The summed E-state index contributed by atoms with van der Waals surface area (Å²) in [5.41, 5.74) is 2.75. The molecule has 2 heterocycles. The Balaban J connectivity index is 2.36. The molecule has 120 valence electrons. The van der Waals surface area contributed by atoms with Crippen LogP contribution in [0.2, 0.25) is 0 Å². The van der Waals surface area contributed by atoms with Crippen molar-refractivity contribution in [2.24, 2.45) is 13.0 Å². The molecule has 0 saturated carbocycles. The minimum absolute atomic E-state index is 0.531. The van der Waals surface area contributed by atoms with Crippen molar-refractivity contribution in [2.75, 3.05) is 26.7 Å². The predicted molar refractivity (Wildman–Crippen MR) is 88.5 cm³/mol. The summed E-state index contributed by atoms with van der Waals surface area (Å²) in [7, 11) is 4.13. The van der Waals surface area contributed by atoms with Gasteiger partial charge in [0.1, 0.15) is 0 Å². The quantitative estimate of drug-likeness (QED) is 0.875. The van der Waals surface area contributed by atoms with Gasteiger partial charge in [-0.2, -0.15) is 5.10 Å². The third kappa shape index (κ3) is 3.86. The number of nitrogens with zero attached hydrogens (tertiary/aromatic N) is 3. The average molecular weight is 292 g/mol. The summed E-state index contributed by atoms with van der Waals surface area (Å²) >= 11 is 0. The summed E-state index contributed by atoms with van der Waals surface area (Å²) in [6, 6.07) is 0.531. The number of likely N-dealkylation sites (tertiary alicyclic amines) is 1. The van der Waals surface area contributed by atoms with Crippen molar-refractivity contribution in [1.82, 2.24) is 20.0 Å². The van der Waals surface area contributed by atoms with E-state index in [9.17, 15) is 0 Å². The maximum atomic E-state index is 4.69. The van der Waals surface area contributed by atoms with Gasteiger partial charge in [-0.25, -0.2) is 0 Å². The standard InChI is InChI=1S/C17H32N4/c1-5-10-21-11-8-7-9-14(12-18-3)17(21)15-13-20(4)19-16(15)6-2/h13-14,17-18H,5-12H2,1-4H3. The fraction of sp³-hybridized carbons (Fsp3) is 0.824. The highest BCUT2D eigenvalue weighted by Crippen LogP contribution is 2.36. The van der Waals surface area contributed by atoms with Crippen LogP contribution < -0.4 is 5.32 Å². The van der Waals surface area contributed by atoms with Crippen LogP contribution in [0.15, 0.2) is 6.20 Å². The third-order valence-corrected chi connectivity index (χ3v) is 4.68. The molecule has 2 unspecified atom stereocenters. The zero-order chi connectivity index (χ0) is 15.2. The van der Waals surface area contributed by atoms with E-state index in [0.717, 1.165) is 13.0 Å². The molecule has 0 spiro atoms. The first kappa shape index (κ1) is 16.5. The number of nitrogens with one attached hydrogen (secondary N) is 1. The second-order valence-corrected chi connectivity index (χ2v) is 6.35. The Morgan fingerprint density at radius 1 is 1.33 bits per heavy atom. The average Bonchev–Trinajstić information content (AvgIpc) is 2.72. The summed E-state index contributed by atoms with van der Waals surface area (Å²) in [6.07, 6.45) is 8.52. The van der Waals surface area contributed by atoms with Gasteiger partial charge in [0.2, 0.25) is 0 Å². The molecule has 0 radical (unpaired) electrons. The fourth-order valence-electron chi connectivity index (χ4n) is 3.86. The van der Waals surface area contributed by atoms with Crippen LogP contribution >= 0.6 is 0 Å². The van der Waals surface area contributed by atoms with E-state index in [1.165, 1.54) is 50.0 Å². The first-order chi connectivity index (χ1) is 10.2. The zero-order valence-corrected chi connectivity index (χ0v) is 14.2. The Hall–Kier alpha value is -0.870. The van der Waals surface area contributed by atoms with Gasteiger partial charge in [0.15, 0.2) is 0 Å². The molecule has 0 amide bonds. The summed E-state index contributed by atoms with van der Waals surface area (Å²) in [5.74, 6) is 0.693. The van der Waals surface area contributed by atoms with Gasteiger partial charge < -0.3 is 5.32 Å². The number of hydrogen-bond donors (Lipinski definition) is 1. The SMILES string of the molecule is CCCN1CCCCC(CNC)C1c1cn(C)nc1CC. The smallest absolute Gasteiger partial charge is 0.0669 e. The molecule has 2 rings (SSSR count).